The fourth-order valence-corrected chi connectivity index (χ4v) is 3.06. The molecule has 2 unspecified atom stereocenters. The van der Waals surface area contributed by atoms with Gasteiger partial charge in [0, 0.05) is 11.6 Å². The zero-order valence-electron chi connectivity index (χ0n) is 8.17. The Morgan fingerprint density at radius 3 is 2.69 bits per heavy atom. The molecule has 1 aromatic rings. The highest BCUT2D eigenvalue weighted by Gasteiger charge is 2.39. The average Bonchev–Trinajstić information content (AvgIpc) is 2.62. The van der Waals surface area contributed by atoms with Gasteiger partial charge >= 0.3 is 0 Å². The number of aromatic nitrogens is 2. The maximum Gasteiger partial charge on any atom is 0.125 e. The molecule has 13 heavy (non-hydrogen) atoms. The van der Waals surface area contributed by atoms with Crippen molar-refractivity contribution in [2.45, 2.75) is 44.9 Å². The van der Waals surface area contributed by atoms with E-state index in [4.69, 9.17) is 0 Å². The molecule has 0 aliphatic heterocycles. The van der Waals surface area contributed by atoms with Gasteiger partial charge in [0.2, 0.25) is 0 Å². The number of aryl methyl sites for hydroxylation is 2. The maximum absolute atomic E-state index is 4.59. The summed E-state index contributed by atoms with van der Waals surface area (Å²) >= 11 is 0. The molecule has 0 amide bonds. The van der Waals surface area contributed by atoms with E-state index in [-0.39, 0.29) is 0 Å². The fourth-order valence-electron chi connectivity index (χ4n) is 3.06. The molecular weight excluding hydrogens is 160 g/mol. The summed E-state index contributed by atoms with van der Waals surface area (Å²) in [7, 11) is 0. The van der Waals surface area contributed by atoms with Crippen LogP contribution in [0.2, 0.25) is 0 Å². The van der Waals surface area contributed by atoms with Crippen LogP contribution in [0.3, 0.4) is 0 Å². The third-order valence-electron chi connectivity index (χ3n) is 3.51. The van der Waals surface area contributed by atoms with Crippen LogP contribution in [-0.2, 0) is 0 Å². The number of hydrogen-bond donors (Lipinski definition) is 0. The highest BCUT2D eigenvalue weighted by atomic mass is 14.9. The molecule has 3 rings (SSSR count). The van der Waals surface area contributed by atoms with E-state index in [2.05, 4.69) is 16.9 Å². The summed E-state index contributed by atoms with van der Waals surface area (Å²) in [5.41, 5.74) is 4.10. The molecule has 2 nitrogen and oxygen atoms in total. The number of hydrogen-bond acceptors (Lipinski definition) is 2. The minimum atomic E-state index is 0.764. The van der Waals surface area contributed by atoms with Gasteiger partial charge in [-0.3, -0.25) is 0 Å². The van der Waals surface area contributed by atoms with Gasteiger partial charge < -0.3 is 0 Å². The third kappa shape index (κ3) is 0.888. The zero-order chi connectivity index (χ0) is 9.00. The maximum atomic E-state index is 4.59. The van der Waals surface area contributed by atoms with Gasteiger partial charge in [0.1, 0.15) is 5.82 Å². The molecule has 0 N–H and O–H groups in total. The Morgan fingerprint density at radius 1 is 1.08 bits per heavy atom. The molecular formula is C11H14N2. The normalized spacial score (nSPS) is 29.4. The van der Waals surface area contributed by atoms with E-state index in [1.54, 1.807) is 0 Å². The van der Waals surface area contributed by atoms with Crippen LogP contribution in [0.4, 0.5) is 0 Å². The Hall–Kier alpha value is -0.920. The van der Waals surface area contributed by atoms with Crippen LogP contribution >= 0.6 is 0 Å². The van der Waals surface area contributed by atoms with Gasteiger partial charge in [0.25, 0.3) is 0 Å². The summed E-state index contributed by atoms with van der Waals surface area (Å²) < 4.78 is 0. The van der Waals surface area contributed by atoms with Crippen molar-refractivity contribution in [3.05, 3.63) is 22.8 Å². The van der Waals surface area contributed by atoms with Crippen molar-refractivity contribution in [3.8, 4) is 0 Å². The van der Waals surface area contributed by atoms with Crippen LogP contribution in [0.25, 0.3) is 0 Å². The van der Waals surface area contributed by atoms with Gasteiger partial charge in [-0.25, -0.2) is 9.97 Å². The largest absolute Gasteiger partial charge is 0.238 e. The van der Waals surface area contributed by atoms with Crippen LogP contribution in [0.1, 0.15) is 53.9 Å². The van der Waals surface area contributed by atoms with Crippen molar-refractivity contribution < 1.29 is 0 Å². The molecule has 1 saturated carbocycles. The molecule has 0 aromatic carbocycles. The summed E-state index contributed by atoms with van der Waals surface area (Å²) in [4.78, 5) is 9.04. The monoisotopic (exact) mass is 174 g/mol. The lowest BCUT2D eigenvalue weighted by atomic mass is 9.95. The fraction of sp³-hybridized carbons (Fsp3) is 0.636. The van der Waals surface area contributed by atoms with Crippen molar-refractivity contribution in [2.75, 3.05) is 0 Å². The predicted octanol–water partition coefficient (Wildman–Crippen LogP) is 2.46. The molecule has 2 heteroatoms. The second kappa shape index (κ2) is 2.31. The molecule has 2 bridgehead atoms. The van der Waals surface area contributed by atoms with Crippen LogP contribution in [0.5, 0.6) is 0 Å². The number of fused-ring (bicyclic) bond motifs is 5. The molecule has 1 aromatic heterocycles. The zero-order valence-corrected chi connectivity index (χ0v) is 8.17. The first-order chi connectivity index (χ1) is 6.25. The Morgan fingerprint density at radius 2 is 1.85 bits per heavy atom. The first-order valence-electron chi connectivity index (χ1n) is 5.10. The van der Waals surface area contributed by atoms with Gasteiger partial charge in [-0.2, -0.15) is 0 Å². The van der Waals surface area contributed by atoms with Gasteiger partial charge in [-0.15, -0.1) is 0 Å². The van der Waals surface area contributed by atoms with Gasteiger partial charge in [-0.1, -0.05) is 0 Å². The minimum absolute atomic E-state index is 0.764. The van der Waals surface area contributed by atoms with E-state index < -0.39 is 0 Å². The lowest BCUT2D eigenvalue weighted by Gasteiger charge is -2.15. The number of nitrogens with zero attached hydrogens (tertiary/aromatic N) is 2. The topological polar surface area (TPSA) is 25.8 Å². The van der Waals surface area contributed by atoms with Crippen LogP contribution in [-0.4, -0.2) is 9.97 Å². The molecule has 1 fully saturated rings. The molecule has 0 radical (unpaired) electrons. The van der Waals surface area contributed by atoms with E-state index in [1.807, 2.05) is 6.92 Å². The predicted molar refractivity (Wildman–Crippen MR) is 50.8 cm³/mol. The summed E-state index contributed by atoms with van der Waals surface area (Å²) in [5.74, 6) is 2.50. The van der Waals surface area contributed by atoms with Crippen LogP contribution < -0.4 is 0 Å². The molecule has 2 atom stereocenters. The summed E-state index contributed by atoms with van der Waals surface area (Å²) in [5, 5.41) is 0. The average molecular weight is 174 g/mol. The molecule has 2 aliphatic carbocycles. The Labute approximate surface area is 78.4 Å². The van der Waals surface area contributed by atoms with E-state index in [1.165, 1.54) is 36.2 Å². The van der Waals surface area contributed by atoms with Crippen molar-refractivity contribution >= 4 is 0 Å². The highest BCUT2D eigenvalue weighted by Crippen LogP contribution is 2.52. The van der Waals surface area contributed by atoms with E-state index >= 15 is 0 Å². The van der Waals surface area contributed by atoms with Crippen LogP contribution in [0.15, 0.2) is 0 Å². The lowest BCUT2D eigenvalue weighted by Crippen LogP contribution is -2.07. The van der Waals surface area contributed by atoms with Gasteiger partial charge in [0.15, 0.2) is 0 Å². The minimum Gasteiger partial charge on any atom is -0.238 e. The number of rotatable bonds is 0. The Kier molecular flexibility index (Phi) is 1.33. The smallest absolute Gasteiger partial charge is 0.125 e. The summed E-state index contributed by atoms with van der Waals surface area (Å²) in [6, 6.07) is 0. The SMILES string of the molecule is Cc1nc(C)c2c(n1)C1CCC2C1. The quantitative estimate of drug-likeness (QED) is 0.603. The van der Waals surface area contributed by atoms with Gasteiger partial charge in [0.05, 0.1) is 5.69 Å². The third-order valence-corrected chi connectivity index (χ3v) is 3.51. The van der Waals surface area contributed by atoms with Crippen LogP contribution in [0, 0.1) is 13.8 Å². The second-order valence-electron chi connectivity index (χ2n) is 4.36. The van der Waals surface area contributed by atoms with Crippen molar-refractivity contribution in [1.82, 2.24) is 9.97 Å². The Balaban J connectivity index is 2.26. The lowest BCUT2D eigenvalue weighted by molar-refractivity contribution is 0.680. The first kappa shape index (κ1) is 7.48. The standard InChI is InChI=1S/C11H14N2/c1-6-10-8-3-4-9(5-8)11(10)13-7(2)12-6/h8-9H,3-5H2,1-2H3. The summed E-state index contributed by atoms with van der Waals surface area (Å²) in [6.07, 6.45) is 4.06. The molecule has 68 valence electrons. The van der Waals surface area contributed by atoms with E-state index in [0.29, 0.717) is 0 Å². The highest BCUT2D eigenvalue weighted by molar-refractivity contribution is 5.39. The molecule has 0 saturated heterocycles. The van der Waals surface area contributed by atoms with Crippen molar-refractivity contribution in [1.29, 1.82) is 0 Å². The van der Waals surface area contributed by atoms with Crippen molar-refractivity contribution in [2.24, 2.45) is 0 Å². The Bertz CT molecular complexity index is 371. The van der Waals surface area contributed by atoms with E-state index in [0.717, 1.165) is 17.7 Å². The van der Waals surface area contributed by atoms with E-state index in [9.17, 15) is 0 Å². The summed E-state index contributed by atoms with van der Waals surface area (Å²) in [6.45, 7) is 4.13. The van der Waals surface area contributed by atoms with Gasteiger partial charge in [-0.05, 0) is 44.6 Å². The second-order valence-corrected chi connectivity index (χ2v) is 4.36. The van der Waals surface area contributed by atoms with Crippen molar-refractivity contribution in [3.63, 3.8) is 0 Å². The molecule has 2 aliphatic rings. The first-order valence-corrected chi connectivity index (χ1v) is 5.10. The molecule has 0 spiro atoms. The molecule has 1 heterocycles.